The van der Waals surface area contributed by atoms with Crippen molar-refractivity contribution in [1.82, 2.24) is 15.2 Å². The van der Waals surface area contributed by atoms with Crippen LogP contribution in [0.5, 0.6) is 5.75 Å². The Kier molecular flexibility index (Phi) is 8.98. The number of carbonyl (C=O) groups is 2. The number of fused-ring (bicyclic) bond motifs is 1. The molecule has 0 radical (unpaired) electrons. The fourth-order valence-corrected chi connectivity index (χ4v) is 4.33. The number of nitrogens with one attached hydrogen (secondary N) is 2. The summed E-state index contributed by atoms with van der Waals surface area (Å²) >= 11 is 0. The number of hydrogen-bond acceptors (Lipinski definition) is 5. The van der Waals surface area contributed by atoms with Crippen LogP contribution >= 0.6 is 0 Å². The van der Waals surface area contributed by atoms with E-state index < -0.39 is 17.7 Å². The Morgan fingerprint density at radius 2 is 1.81 bits per heavy atom. The van der Waals surface area contributed by atoms with E-state index in [2.05, 4.69) is 10.3 Å². The van der Waals surface area contributed by atoms with Gasteiger partial charge >= 0.3 is 12.1 Å². The van der Waals surface area contributed by atoms with Gasteiger partial charge in [0.15, 0.2) is 0 Å². The number of methoxy groups -OCH3 is 1. The van der Waals surface area contributed by atoms with Crippen molar-refractivity contribution in [3.05, 3.63) is 65.9 Å². The largest absolute Gasteiger partial charge is 0.496 e. The van der Waals surface area contributed by atoms with Crippen molar-refractivity contribution in [2.24, 2.45) is 0 Å². The van der Waals surface area contributed by atoms with Crippen LogP contribution < -0.4 is 10.1 Å². The summed E-state index contributed by atoms with van der Waals surface area (Å²) in [5.41, 5.74) is 2.29. The van der Waals surface area contributed by atoms with Gasteiger partial charge in [0.1, 0.15) is 11.4 Å². The number of aromatic nitrogens is 1. The summed E-state index contributed by atoms with van der Waals surface area (Å²) in [6.07, 6.45) is 2.01. The fraction of sp³-hybridized carbons (Fsp3) is 0.429. The second-order valence-electron chi connectivity index (χ2n) is 9.90. The zero-order valence-corrected chi connectivity index (χ0v) is 21.7. The molecule has 0 aliphatic carbocycles. The number of ether oxygens (including phenoxy) is 2. The molecule has 0 fully saturated rings. The smallest absolute Gasteiger partial charge is 0.410 e. The number of aliphatic carboxylic acids is 1. The molecule has 8 heteroatoms. The summed E-state index contributed by atoms with van der Waals surface area (Å²) in [7, 11) is 1.60. The molecule has 0 bridgehead atoms. The Labute approximate surface area is 212 Å². The highest BCUT2D eigenvalue weighted by molar-refractivity contribution is 5.83. The number of carbonyl (C=O) groups excluding carboxylic acids is 1. The molecule has 0 aliphatic heterocycles. The fourth-order valence-electron chi connectivity index (χ4n) is 4.33. The van der Waals surface area contributed by atoms with Gasteiger partial charge in [-0.1, -0.05) is 36.4 Å². The minimum Gasteiger partial charge on any atom is -0.496 e. The zero-order valence-electron chi connectivity index (χ0n) is 21.7. The molecule has 8 nitrogen and oxygen atoms in total. The average molecular weight is 496 g/mol. The second kappa shape index (κ2) is 11.9. The number of carboxylic acid groups (broad SMARTS) is 1. The van der Waals surface area contributed by atoms with Crippen molar-refractivity contribution in [1.29, 1.82) is 0 Å². The number of hydrogen-bond donors (Lipinski definition) is 3. The van der Waals surface area contributed by atoms with Crippen LogP contribution in [-0.2, 0) is 16.0 Å². The Morgan fingerprint density at radius 1 is 1.11 bits per heavy atom. The maximum atomic E-state index is 13.2. The van der Waals surface area contributed by atoms with Gasteiger partial charge in [-0.05, 0) is 51.8 Å². The Hall–Kier alpha value is -3.52. The van der Waals surface area contributed by atoms with E-state index in [4.69, 9.17) is 9.47 Å². The number of rotatable bonds is 11. The van der Waals surface area contributed by atoms with Crippen LogP contribution in [0.25, 0.3) is 10.9 Å². The van der Waals surface area contributed by atoms with Gasteiger partial charge in [-0.3, -0.25) is 4.79 Å². The van der Waals surface area contributed by atoms with Crippen molar-refractivity contribution in [3.63, 3.8) is 0 Å². The lowest BCUT2D eigenvalue weighted by molar-refractivity contribution is -0.137. The van der Waals surface area contributed by atoms with E-state index in [-0.39, 0.29) is 18.5 Å². The van der Waals surface area contributed by atoms with E-state index in [0.717, 1.165) is 22.0 Å². The van der Waals surface area contributed by atoms with Crippen LogP contribution in [-0.4, -0.2) is 58.9 Å². The SMILES string of the molecule is COc1ccccc1C(C)N(CCN[C@H](CC(=O)O)Cc1c[nH]c2ccccc12)C(=O)OC(C)(C)C. The molecule has 194 valence electrons. The lowest BCUT2D eigenvalue weighted by Gasteiger charge is -2.33. The zero-order chi connectivity index (χ0) is 26.3. The normalized spacial score (nSPS) is 13.2. The molecule has 3 rings (SSSR count). The molecule has 1 unspecified atom stereocenters. The third-order valence-electron chi connectivity index (χ3n) is 6.03. The number of para-hydroxylation sites is 2. The molecule has 1 aromatic heterocycles. The first-order valence-corrected chi connectivity index (χ1v) is 12.2. The van der Waals surface area contributed by atoms with Crippen molar-refractivity contribution in [2.45, 2.75) is 58.2 Å². The standard InChI is InChI=1S/C28H37N3O5/c1-19(22-10-7-9-13-25(22)35-5)31(27(34)36-28(2,3)4)15-14-29-21(17-26(32)33)16-20-18-30-24-12-8-6-11-23(20)24/h6-13,18-19,21,29-30H,14-17H2,1-5H3,(H,32,33)/t19?,21-/m0/s1. The maximum absolute atomic E-state index is 13.2. The van der Waals surface area contributed by atoms with E-state index in [1.807, 2.05) is 82.4 Å². The molecule has 0 aliphatic rings. The molecule has 1 amide bonds. The number of benzene rings is 2. The van der Waals surface area contributed by atoms with Crippen LogP contribution in [0, 0.1) is 0 Å². The molecule has 0 spiro atoms. The number of carboxylic acids is 1. The van der Waals surface area contributed by atoms with E-state index in [1.54, 1.807) is 12.0 Å². The van der Waals surface area contributed by atoms with Crippen LogP contribution in [0.15, 0.2) is 54.7 Å². The quantitative estimate of drug-likeness (QED) is 0.340. The predicted octanol–water partition coefficient (Wildman–Crippen LogP) is 5.15. The Balaban J connectivity index is 1.75. The third kappa shape index (κ3) is 7.24. The van der Waals surface area contributed by atoms with Gasteiger partial charge in [0.25, 0.3) is 0 Å². The van der Waals surface area contributed by atoms with Crippen LogP contribution in [0.3, 0.4) is 0 Å². The molecule has 3 aromatic rings. The summed E-state index contributed by atoms with van der Waals surface area (Å²) in [4.78, 5) is 29.6. The van der Waals surface area contributed by atoms with E-state index in [9.17, 15) is 14.7 Å². The van der Waals surface area contributed by atoms with Crippen molar-refractivity contribution in [3.8, 4) is 5.75 Å². The van der Waals surface area contributed by atoms with Crippen LogP contribution in [0.2, 0.25) is 0 Å². The first kappa shape index (κ1) is 27.1. The highest BCUT2D eigenvalue weighted by Gasteiger charge is 2.28. The molecule has 3 N–H and O–H groups in total. The summed E-state index contributed by atoms with van der Waals surface area (Å²) in [5, 5.41) is 13.9. The minimum atomic E-state index is -0.876. The number of nitrogens with zero attached hydrogens (tertiary/aromatic N) is 1. The van der Waals surface area contributed by atoms with Gasteiger partial charge in [-0.25, -0.2) is 4.79 Å². The summed E-state index contributed by atoms with van der Waals surface area (Å²) in [6, 6.07) is 14.9. The maximum Gasteiger partial charge on any atom is 0.410 e. The summed E-state index contributed by atoms with van der Waals surface area (Å²) in [5.74, 6) is -0.187. The van der Waals surface area contributed by atoms with Gasteiger partial charge < -0.3 is 29.8 Å². The summed E-state index contributed by atoms with van der Waals surface area (Å²) < 4.78 is 11.2. The Morgan fingerprint density at radius 3 is 2.50 bits per heavy atom. The van der Waals surface area contributed by atoms with Gasteiger partial charge in [-0.15, -0.1) is 0 Å². The highest BCUT2D eigenvalue weighted by Crippen LogP contribution is 2.30. The molecule has 36 heavy (non-hydrogen) atoms. The van der Waals surface area contributed by atoms with Gasteiger partial charge in [0.05, 0.1) is 19.6 Å². The number of amides is 1. The molecule has 0 saturated heterocycles. The number of aromatic amines is 1. The van der Waals surface area contributed by atoms with Gasteiger partial charge in [0, 0.05) is 41.8 Å². The molecule has 2 atom stereocenters. The van der Waals surface area contributed by atoms with E-state index in [0.29, 0.717) is 25.3 Å². The highest BCUT2D eigenvalue weighted by atomic mass is 16.6. The first-order valence-electron chi connectivity index (χ1n) is 12.2. The van der Waals surface area contributed by atoms with Crippen molar-refractivity contribution < 1.29 is 24.2 Å². The summed E-state index contributed by atoms with van der Waals surface area (Å²) in [6.45, 7) is 8.16. The number of H-pyrrole nitrogens is 1. The van der Waals surface area contributed by atoms with Gasteiger partial charge in [0.2, 0.25) is 0 Å². The monoisotopic (exact) mass is 495 g/mol. The average Bonchev–Trinajstić information content (AvgIpc) is 3.22. The lowest BCUT2D eigenvalue weighted by atomic mass is 10.0. The molecule has 1 heterocycles. The van der Waals surface area contributed by atoms with Gasteiger partial charge in [-0.2, -0.15) is 0 Å². The predicted molar refractivity (Wildman–Crippen MR) is 140 cm³/mol. The van der Waals surface area contributed by atoms with Crippen LogP contribution in [0.1, 0.15) is 51.3 Å². The molecule has 2 aromatic carbocycles. The molecule has 0 saturated carbocycles. The topological polar surface area (TPSA) is 104 Å². The Bertz CT molecular complexity index is 1170. The van der Waals surface area contributed by atoms with E-state index >= 15 is 0 Å². The second-order valence-corrected chi connectivity index (χ2v) is 9.90. The lowest BCUT2D eigenvalue weighted by Crippen LogP contribution is -2.44. The van der Waals surface area contributed by atoms with Crippen molar-refractivity contribution in [2.75, 3.05) is 20.2 Å². The molecular formula is C28H37N3O5. The van der Waals surface area contributed by atoms with Crippen LogP contribution in [0.4, 0.5) is 4.79 Å². The third-order valence-corrected chi connectivity index (χ3v) is 6.03. The van der Waals surface area contributed by atoms with E-state index in [1.165, 1.54) is 0 Å². The molecular weight excluding hydrogens is 458 g/mol. The first-order chi connectivity index (χ1) is 17.1. The van der Waals surface area contributed by atoms with Crippen molar-refractivity contribution >= 4 is 23.0 Å². The minimum absolute atomic E-state index is 0.0337.